The highest BCUT2D eigenvalue weighted by Crippen LogP contribution is 2.14. The van der Waals surface area contributed by atoms with E-state index in [-0.39, 0.29) is 30.9 Å². The summed E-state index contributed by atoms with van der Waals surface area (Å²) in [7, 11) is 3.46. The highest BCUT2D eigenvalue weighted by molar-refractivity contribution is 5.91. The summed E-state index contributed by atoms with van der Waals surface area (Å²) in [6.45, 7) is 3.50. The number of likely N-dealkylation sites (tertiary alicyclic amines) is 1. The van der Waals surface area contributed by atoms with Crippen LogP contribution < -0.4 is 25.2 Å². The number of amides is 2. The maximum Gasteiger partial charge on any atom is 0.279 e. The molecule has 3 rings (SSSR count). The smallest absolute Gasteiger partial charge is 0.279 e. The normalized spacial score (nSPS) is 19.1. The number of likely N-dealkylation sites (N-methyl/N-ethyl adjacent to an activating group) is 1. The Morgan fingerprint density at radius 2 is 1.77 bits per heavy atom. The Labute approximate surface area is 178 Å². The van der Waals surface area contributed by atoms with E-state index in [4.69, 9.17) is 4.74 Å². The van der Waals surface area contributed by atoms with Crippen molar-refractivity contribution < 1.29 is 24.1 Å². The van der Waals surface area contributed by atoms with E-state index < -0.39 is 0 Å². The van der Waals surface area contributed by atoms with E-state index in [0.717, 1.165) is 36.7 Å². The lowest BCUT2D eigenvalue weighted by Gasteiger charge is -2.16. The highest BCUT2D eigenvalue weighted by Gasteiger charge is 2.28. The van der Waals surface area contributed by atoms with Crippen LogP contribution >= 0.6 is 0 Å². The van der Waals surface area contributed by atoms with Gasteiger partial charge in [-0.3, -0.25) is 9.59 Å². The van der Waals surface area contributed by atoms with E-state index in [1.807, 2.05) is 13.1 Å². The fourth-order valence-electron chi connectivity index (χ4n) is 3.87. The Morgan fingerprint density at radius 3 is 2.47 bits per heavy atom. The van der Waals surface area contributed by atoms with Crippen molar-refractivity contribution in [1.82, 2.24) is 5.32 Å². The van der Waals surface area contributed by atoms with E-state index >= 15 is 0 Å². The van der Waals surface area contributed by atoms with Crippen LogP contribution in [-0.4, -0.2) is 58.2 Å². The fraction of sp³-hybridized carbons (Fsp3) is 0.391. The van der Waals surface area contributed by atoms with Crippen molar-refractivity contribution in [3.63, 3.8) is 0 Å². The van der Waals surface area contributed by atoms with Crippen molar-refractivity contribution in [1.29, 1.82) is 0 Å². The number of hydrogen-bond donors (Lipinski definition) is 4. The summed E-state index contributed by atoms with van der Waals surface area (Å²) in [6.07, 6.45) is 0.991. The Hall–Kier alpha value is -2.90. The Kier molecular flexibility index (Phi) is 7.82. The van der Waals surface area contributed by atoms with Gasteiger partial charge in [0.05, 0.1) is 33.3 Å². The predicted molar refractivity (Wildman–Crippen MR) is 116 cm³/mol. The van der Waals surface area contributed by atoms with Crippen molar-refractivity contribution in [2.45, 2.75) is 19.0 Å². The minimum Gasteiger partial charge on any atom is -0.497 e. The second kappa shape index (κ2) is 10.8. The van der Waals surface area contributed by atoms with Crippen LogP contribution in [0.25, 0.3) is 0 Å². The number of anilines is 1. The Balaban J connectivity index is 1.36. The third-order valence-corrected chi connectivity index (χ3v) is 5.34. The number of carbonyl (C=O) groups excluding carboxylic acids is 2. The van der Waals surface area contributed by atoms with Crippen molar-refractivity contribution in [2.24, 2.45) is 0 Å². The van der Waals surface area contributed by atoms with E-state index in [1.165, 1.54) is 10.5 Å². The molecule has 3 atom stereocenters. The van der Waals surface area contributed by atoms with Crippen LogP contribution in [-0.2, 0) is 16.1 Å². The standard InChI is InChI=1S/C23H30N4O3/c1-26(16-22(28)24-19-8-10-21(30-2)11-9-19)17-23(29)25-20-12-13-27(15-20)14-18-6-4-3-5-7-18/h3-11,20H,12-17H2,1-2H3,(H,24,28)(H,25,29)/p+2/t20-/m1/s1. The first kappa shape index (κ1) is 21.8. The van der Waals surface area contributed by atoms with Crippen LogP contribution in [0.3, 0.4) is 0 Å². The van der Waals surface area contributed by atoms with Gasteiger partial charge in [-0.05, 0) is 24.3 Å². The molecule has 0 spiro atoms. The highest BCUT2D eigenvalue weighted by atomic mass is 16.5. The quantitative estimate of drug-likeness (QED) is 0.432. The van der Waals surface area contributed by atoms with Crippen LogP contribution in [0.15, 0.2) is 54.6 Å². The largest absolute Gasteiger partial charge is 0.497 e. The van der Waals surface area contributed by atoms with Crippen molar-refractivity contribution in [3.05, 3.63) is 60.2 Å². The van der Waals surface area contributed by atoms with Crippen molar-refractivity contribution in [2.75, 3.05) is 45.7 Å². The third-order valence-electron chi connectivity index (χ3n) is 5.34. The molecule has 1 aliphatic rings. The first-order valence-corrected chi connectivity index (χ1v) is 10.4. The van der Waals surface area contributed by atoms with Gasteiger partial charge < -0.3 is 25.2 Å². The van der Waals surface area contributed by atoms with E-state index in [1.54, 1.807) is 31.4 Å². The number of quaternary nitrogens is 2. The van der Waals surface area contributed by atoms with Gasteiger partial charge in [0.25, 0.3) is 11.8 Å². The predicted octanol–water partition coefficient (Wildman–Crippen LogP) is -0.878. The molecule has 7 heteroatoms. The summed E-state index contributed by atoms with van der Waals surface area (Å²) in [4.78, 5) is 27.0. The van der Waals surface area contributed by atoms with Gasteiger partial charge in [0.2, 0.25) is 0 Å². The molecular formula is C23H32N4O3+2. The molecular weight excluding hydrogens is 380 g/mol. The zero-order chi connectivity index (χ0) is 21.3. The van der Waals surface area contributed by atoms with Crippen LogP contribution in [0.4, 0.5) is 5.69 Å². The van der Waals surface area contributed by atoms with Gasteiger partial charge in [-0.15, -0.1) is 0 Å². The van der Waals surface area contributed by atoms with Crippen molar-refractivity contribution >= 4 is 17.5 Å². The molecule has 2 aromatic rings. The van der Waals surface area contributed by atoms with Gasteiger partial charge >= 0.3 is 0 Å². The molecule has 30 heavy (non-hydrogen) atoms. The van der Waals surface area contributed by atoms with Crippen molar-refractivity contribution in [3.8, 4) is 5.75 Å². The lowest BCUT2D eigenvalue weighted by molar-refractivity contribution is -0.901. The average Bonchev–Trinajstić information content (AvgIpc) is 3.15. The summed E-state index contributed by atoms with van der Waals surface area (Å²) in [5.74, 6) is 0.615. The number of hydrogen-bond acceptors (Lipinski definition) is 3. The molecule has 1 saturated heterocycles. The second-order valence-corrected chi connectivity index (χ2v) is 8.01. The van der Waals surface area contributed by atoms with E-state index in [9.17, 15) is 9.59 Å². The minimum absolute atomic E-state index is 0.00397. The van der Waals surface area contributed by atoms with Gasteiger partial charge in [-0.25, -0.2) is 0 Å². The van der Waals surface area contributed by atoms with Gasteiger partial charge in [0.15, 0.2) is 13.1 Å². The molecule has 0 saturated carbocycles. The molecule has 0 bridgehead atoms. The molecule has 0 aromatic heterocycles. The lowest BCUT2D eigenvalue weighted by Crippen LogP contribution is -3.11. The summed E-state index contributed by atoms with van der Waals surface area (Å²) in [6, 6.07) is 17.8. The van der Waals surface area contributed by atoms with Crippen LogP contribution in [0.1, 0.15) is 12.0 Å². The number of benzene rings is 2. The van der Waals surface area contributed by atoms with Crippen LogP contribution in [0.2, 0.25) is 0 Å². The van der Waals surface area contributed by atoms with Gasteiger partial charge in [-0.2, -0.15) is 0 Å². The number of methoxy groups -OCH3 is 1. The number of nitrogens with one attached hydrogen (secondary N) is 4. The van der Waals surface area contributed by atoms with Gasteiger partial charge in [-0.1, -0.05) is 30.3 Å². The monoisotopic (exact) mass is 412 g/mol. The van der Waals surface area contributed by atoms with Gasteiger partial charge in [0.1, 0.15) is 12.3 Å². The average molecular weight is 413 g/mol. The number of carbonyl (C=O) groups is 2. The Bertz CT molecular complexity index is 826. The molecule has 2 aromatic carbocycles. The lowest BCUT2D eigenvalue weighted by atomic mass is 10.2. The fourth-order valence-corrected chi connectivity index (χ4v) is 3.87. The molecule has 0 aliphatic carbocycles. The first-order chi connectivity index (χ1) is 14.5. The molecule has 2 amide bonds. The summed E-state index contributed by atoms with van der Waals surface area (Å²) >= 11 is 0. The first-order valence-electron chi connectivity index (χ1n) is 10.4. The van der Waals surface area contributed by atoms with E-state index in [0.29, 0.717) is 5.69 Å². The molecule has 1 fully saturated rings. The minimum atomic E-state index is -0.121. The zero-order valence-corrected chi connectivity index (χ0v) is 17.7. The van der Waals surface area contributed by atoms with Crippen LogP contribution in [0.5, 0.6) is 5.75 Å². The number of rotatable bonds is 9. The molecule has 2 unspecified atom stereocenters. The molecule has 4 N–H and O–H groups in total. The second-order valence-electron chi connectivity index (χ2n) is 8.01. The maximum atomic E-state index is 12.4. The third kappa shape index (κ3) is 6.86. The summed E-state index contributed by atoms with van der Waals surface area (Å²) < 4.78 is 5.11. The topological polar surface area (TPSA) is 76.3 Å². The zero-order valence-electron chi connectivity index (χ0n) is 17.7. The van der Waals surface area contributed by atoms with Gasteiger partial charge in [0, 0.05) is 17.7 Å². The molecule has 1 aliphatic heterocycles. The summed E-state index contributed by atoms with van der Waals surface area (Å²) in [5, 5.41) is 5.98. The molecule has 1 heterocycles. The number of ether oxygens (including phenoxy) is 1. The Morgan fingerprint density at radius 1 is 1.07 bits per heavy atom. The SMILES string of the molecule is COc1ccc(NC(=O)C[NH+](C)CC(=O)N[C@@H]2CC[NH+](Cc3ccccc3)C2)cc1. The molecule has 0 radical (unpaired) electrons. The molecule has 160 valence electrons. The summed E-state index contributed by atoms with van der Waals surface area (Å²) in [5.41, 5.74) is 2.04. The maximum absolute atomic E-state index is 12.4. The van der Waals surface area contributed by atoms with Crippen LogP contribution in [0, 0.1) is 0 Å². The van der Waals surface area contributed by atoms with E-state index in [2.05, 4.69) is 34.9 Å². The molecule has 7 nitrogen and oxygen atoms in total.